The molecule has 0 radical (unpaired) electrons. The molecule has 2 aromatic heterocycles. The van der Waals surface area contributed by atoms with E-state index >= 15 is 0 Å². The van der Waals surface area contributed by atoms with E-state index in [1.165, 1.54) is 4.68 Å². The zero-order valence-electron chi connectivity index (χ0n) is 13.1. The van der Waals surface area contributed by atoms with Gasteiger partial charge in [-0.05, 0) is 19.9 Å². The Balaban J connectivity index is 1.71. The van der Waals surface area contributed by atoms with Crippen LogP contribution in [0.4, 0.5) is 0 Å². The van der Waals surface area contributed by atoms with Gasteiger partial charge in [-0.25, -0.2) is 9.48 Å². The van der Waals surface area contributed by atoms with Crippen LogP contribution in [-0.2, 0) is 31.4 Å². The molecule has 0 bridgehead atoms. The number of nitrogens with zero attached hydrogens (tertiary/aromatic N) is 6. The average Bonchev–Trinajstić information content (AvgIpc) is 2.82. The lowest BCUT2D eigenvalue weighted by molar-refractivity contribution is -0.132. The maximum Gasteiger partial charge on any atom is 0.345 e. The standard InChI is InChI=1S/C14H20N6O2/c1-10-8-11(2)20(15-10)9-13(21)18-5-4-12-16-17(3)14(22)19(12)7-6-18/h8H,4-7,9H2,1-3H3. The molecule has 8 nitrogen and oxygen atoms in total. The van der Waals surface area contributed by atoms with Crippen LogP contribution in [0, 0.1) is 13.8 Å². The molecule has 0 spiro atoms. The largest absolute Gasteiger partial charge is 0.345 e. The number of rotatable bonds is 2. The van der Waals surface area contributed by atoms with Crippen LogP contribution in [-0.4, -0.2) is 48.0 Å². The van der Waals surface area contributed by atoms with Crippen molar-refractivity contribution in [3.63, 3.8) is 0 Å². The lowest BCUT2D eigenvalue weighted by atomic mass is 10.3. The quantitative estimate of drug-likeness (QED) is 0.748. The Kier molecular flexibility index (Phi) is 3.59. The van der Waals surface area contributed by atoms with Gasteiger partial charge in [-0.15, -0.1) is 0 Å². The van der Waals surface area contributed by atoms with E-state index in [0.29, 0.717) is 26.1 Å². The molecular formula is C14H20N6O2. The van der Waals surface area contributed by atoms with Crippen molar-refractivity contribution < 1.29 is 4.79 Å². The first-order valence-electron chi connectivity index (χ1n) is 7.37. The van der Waals surface area contributed by atoms with Gasteiger partial charge in [0.05, 0.1) is 5.69 Å². The van der Waals surface area contributed by atoms with Gasteiger partial charge in [0, 0.05) is 38.8 Å². The van der Waals surface area contributed by atoms with E-state index in [1.54, 1.807) is 21.2 Å². The van der Waals surface area contributed by atoms with E-state index in [-0.39, 0.29) is 18.1 Å². The van der Waals surface area contributed by atoms with Crippen LogP contribution >= 0.6 is 0 Å². The molecule has 0 fully saturated rings. The zero-order valence-corrected chi connectivity index (χ0v) is 13.1. The summed E-state index contributed by atoms with van der Waals surface area (Å²) in [4.78, 5) is 26.2. The van der Waals surface area contributed by atoms with Gasteiger partial charge in [-0.1, -0.05) is 0 Å². The Morgan fingerprint density at radius 3 is 2.68 bits per heavy atom. The smallest absolute Gasteiger partial charge is 0.339 e. The monoisotopic (exact) mass is 304 g/mol. The Hall–Kier alpha value is -2.38. The van der Waals surface area contributed by atoms with Gasteiger partial charge in [0.25, 0.3) is 0 Å². The lowest BCUT2D eigenvalue weighted by Gasteiger charge is -2.20. The summed E-state index contributed by atoms with van der Waals surface area (Å²) >= 11 is 0. The van der Waals surface area contributed by atoms with Gasteiger partial charge in [0.1, 0.15) is 12.4 Å². The molecule has 22 heavy (non-hydrogen) atoms. The Morgan fingerprint density at radius 1 is 1.23 bits per heavy atom. The molecule has 0 N–H and O–H groups in total. The third-order valence-electron chi connectivity index (χ3n) is 4.02. The molecule has 0 aromatic carbocycles. The van der Waals surface area contributed by atoms with Crippen molar-refractivity contribution in [2.75, 3.05) is 13.1 Å². The van der Waals surface area contributed by atoms with Crippen molar-refractivity contribution in [2.45, 2.75) is 33.4 Å². The van der Waals surface area contributed by atoms with Gasteiger partial charge in [0.15, 0.2) is 0 Å². The second-order valence-corrected chi connectivity index (χ2v) is 5.69. The summed E-state index contributed by atoms with van der Waals surface area (Å²) in [7, 11) is 1.65. The van der Waals surface area contributed by atoms with E-state index in [1.807, 2.05) is 19.9 Å². The predicted octanol–water partition coefficient (Wildman–Crippen LogP) is -0.520. The third kappa shape index (κ3) is 2.56. The van der Waals surface area contributed by atoms with Crippen molar-refractivity contribution in [1.29, 1.82) is 0 Å². The molecule has 118 valence electrons. The molecule has 0 saturated heterocycles. The fourth-order valence-corrected chi connectivity index (χ4v) is 2.84. The number of fused-ring (bicyclic) bond motifs is 1. The molecule has 8 heteroatoms. The summed E-state index contributed by atoms with van der Waals surface area (Å²) in [5.74, 6) is 0.766. The van der Waals surface area contributed by atoms with E-state index in [4.69, 9.17) is 0 Å². The van der Waals surface area contributed by atoms with Crippen molar-refractivity contribution in [3.8, 4) is 0 Å². The molecule has 0 unspecified atom stereocenters. The lowest BCUT2D eigenvalue weighted by Crippen LogP contribution is -2.37. The van der Waals surface area contributed by atoms with E-state index in [9.17, 15) is 9.59 Å². The van der Waals surface area contributed by atoms with Crippen molar-refractivity contribution in [2.24, 2.45) is 7.05 Å². The third-order valence-corrected chi connectivity index (χ3v) is 4.02. The molecule has 0 atom stereocenters. The van der Waals surface area contributed by atoms with Crippen LogP contribution in [0.2, 0.25) is 0 Å². The molecule has 2 aromatic rings. The molecule has 1 amide bonds. The molecule has 1 aliphatic rings. The van der Waals surface area contributed by atoms with Crippen molar-refractivity contribution in [3.05, 3.63) is 33.8 Å². The topological polar surface area (TPSA) is 78.0 Å². The summed E-state index contributed by atoms with van der Waals surface area (Å²) in [5.41, 5.74) is 1.76. The van der Waals surface area contributed by atoms with Gasteiger partial charge in [-0.2, -0.15) is 10.2 Å². The Labute approximate surface area is 127 Å². The summed E-state index contributed by atoms with van der Waals surface area (Å²) in [5, 5.41) is 8.54. The Bertz CT molecular complexity index is 769. The fraction of sp³-hybridized carbons (Fsp3) is 0.571. The van der Waals surface area contributed by atoms with Crippen LogP contribution in [0.1, 0.15) is 17.2 Å². The van der Waals surface area contributed by atoms with E-state index in [0.717, 1.165) is 17.2 Å². The number of carbonyl (C=O) groups is 1. The molecule has 0 aliphatic carbocycles. The first-order valence-corrected chi connectivity index (χ1v) is 7.37. The highest BCUT2D eigenvalue weighted by Gasteiger charge is 2.22. The number of amides is 1. The van der Waals surface area contributed by atoms with E-state index in [2.05, 4.69) is 10.2 Å². The number of hydrogen-bond acceptors (Lipinski definition) is 4. The van der Waals surface area contributed by atoms with Gasteiger partial charge >= 0.3 is 5.69 Å². The van der Waals surface area contributed by atoms with Crippen LogP contribution in [0.15, 0.2) is 10.9 Å². The fourth-order valence-electron chi connectivity index (χ4n) is 2.84. The summed E-state index contributed by atoms with van der Waals surface area (Å²) in [6.07, 6.45) is 0.596. The minimum atomic E-state index is -0.122. The minimum absolute atomic E-state index is 0.0220. The highest BCUT2D eigenvalue weighted by molar-refractivity contribution is 5.76. The van der Waals surface area contributed by atoms with Gasteiger partial charge in [0.2, 0.25) is 5.91 Å². The average molecular weight is 304 g/mol. The second-order valence-electron chi connectivity index (χ2n) is 5.69. The van der Waals surface area contributed by atoms with E-state index < -0.39 is 0 Å². The van der Waals surface area contributed by atoms with Gasteiger partial charge in [-0.3, -0.25) is 14.0 Å². The SMILES string of the molecule is Cc1cc(C)n(CC(=O)N2CCc3nn(C)c(=O)n3CC2)n1. The van der Waals surface area contributed by atoms with Crippen LogP contribution in [0.3, 0.4) is 0 Å². The summed E-state index contributed by atoms with van der Waals surface area (Å²) < 4.78 is 4.72. The van der Waals surface area contributed by atoms with Crippen LogP contribution in [0.5, 0.6) is 0 Å². The van der Waals surface area contributed by atoms with Crippen LogP contribution < -0.4 is 5.69 Å². The first-order chi connectivity index (χ1) is 10.5. The molecule has 0 saturated carbocycles. The minimum Gasteiger partial charge on any atom is -0.339 e. The number of hydrogen-bond donors (Lipinski definition) is 0. The Morgan fingerprint density at radius 2 is 2.00 bits per heavy atom. The number of aryl methyl sites for hydroxylation is 3. The second kappa shape index (κ2) is 5.43. The van der Waals surface area contributed by atoms with Crippen LogP contribution in [0.25, 0.3) is 0 Å². The molecular weight excluding hydrogens is 284 g/mol. The van der Waals surface area contributed by atoms with Crippen molar-refractivity contribution >= 4 is 5.91 Å². The maximum atomic E-state index is 12.5. The maximum absolute atomic E-state index is 12.5. The molecule has 1 aliphatic heterocycles. The predicted molar refractivity (Wildman–Crippen MR) is 79.5 cm³/mol. The molecule has 3 rings (SSSR count). The highest BCUT2D eigenvalue weighted by atomic mass is 16.2. The molecule has 3 heterocycles. The number of aromatic nitrogens is 5. The normalized spacial score (nSPS) is 14.8. The zero-order chi connectivity index (χ0) is 15.9. The summed E-state index contributed by atoms with van der Waals surface area (Å²) in [6.45, 7) is 5.68. The van der Waals surface area contributed by atoms with Crippen molar-refractivity contribution in [1.82, 2.24) is 29.0 Å². The van der Waals surface area contributed by atoms with Gasteiger partial charge < -0.3 is 4.90 Å². The highest BCUT2D eigenvalue weighted by Crippen LogP contribution is 2.07. The summed E-state index contributed by atoms with van der Waals surface area (Å²) in [6, 6.07) is 1.95. The first kappa shape index (κ1) is 14.6. The number of carbonyl (C=O) groups excluding carboxylic acids is 1.